The second-order valence-corrected chi connectivity index (χ2v) is 0. The third-order valence-electron chi connectivity index (χ3n) is 0. The van der Waals surface area contributed by atoms with Gasteiger partial charge in [-0.3, -0.25) is 0 Å². The predicted molar refractivity (Wildman–Crippen MR) is 0 cm³/mol. The fraction of sp³-hybridized carbons (Fsp3) is 0. The van der Waals surface area contributed by atoms with Crippen molar-refractivity contribution in [2.24, 2.45) is 0 Å². The topological polar surface area (TPSA) is 0 Å². The molecule has 0 aliphatic heterocycles. The SMILES string of the molecule is [Fe].[Fe].[Fe].[Y]. The van der Waals surface area contributed by atoms with Crippen molar-refractivity contribution in [3.05, 3.63) is 0 Å². The largest absolute Gasteiger partial charge is 0 e. The Kier molecular flexibility index (Phi) is 131. The van der Waals surface area contributed by atoms with E-state index in [0.717, 1.165) is 0 Å². The van der Waals surface area contributed by atoms with Crippen molar-refractivity contribution in [2.45, 2.75) is 0 Å². The summed E-state index contributed by atoms with van der Waals surface area (Å²) in [4.78, 5) is 0. The molecule has 0 unspecified atom stereocenters. The van der Waals surface area contributed by atoms with Crippen molar-refractivity contribution in [3.63, 3.8) is 0 Å². The van der Waals surface area contributed by atoms with E-state index in [9.17, 15) is 0 Å². The average molecular weight is 256 g/mol. The van der Waals surface area contributed by atoms with Crippen molar-refractivity contribution in [1.82, 2.24) is 0 Å². The van der Waals surface area contributed by atoms with Crippen LogP contribution >= 0.6 is 0 Å². The van der Waals surface area contributed by atoms with E-state index < -0.39 is 0 Å². The van der Waals surface area contributed by atoms with E-state index in [0.29, 0.717) is 0 Å². The van der Waals surface area contributed by atoms with Crippen LogP contribution in [0.1, 0.15) is 0 Å². The molecular weight excluding hydrogens is 256 g/mol. The summed E-state index contributed by atoms with van der Waals surface area (Å²) in [6, 6.07) is 0. The van der Waals surface area contributed by atoms with E-state index in [4.69, 9.17) is 0 Å². The van der Waals surface area contributed by atoms with Gasteiger partial charge in [-0.25, -0.2) is 0 Å². The molecule has 0 aromatic heterocycles. The molecule has 0 aromatic rings. The first-order valence-corrected chi connectivity index (χ1v) is 0. The van der Waals surface area contributed by atoms with Crippen molar-refractivity contribution < 1.29 is 83.9 Å². The van der Waals surface area contributed by atoms with Gasteiger partial charge in [-0.15, -0.1) is 0 Å². The number of rotatable bonds is 0. The summed E-state index contributed by atoms with van der Waals surface area (Å²) in [5.41, 5.74) is 0. The summed E-state index contributed by atoms with van der Waals surface area (Å²) in [6.45, 7) is 0. The maximum Gasteiger partial charge on any atom is 0 e. The Morgan fingerprint density at radius 2 is 0.500 bits per heavy atom. The molecule has 0 rings (SSSR count). The Bertz CT molecular complexity index is 3.25. The third kappa shape index (κ3) is 8.82. The van der Waals surface area contributed by atoms with Crippen molar-refractivity contribution in [2.75, 3.05) is 0 Å². The summed E-state index contributed by atoms with van der Waals surface area (Å²) in [7, 11) is 0. The molecule has 0 aliphatic carbocycles. The average Bonchev–Trinajstić information content (AvgIpc) is 0. The molecule has 27 valence electrons. The molecule has 0 N–H and O–H groups in total. The monoisotopic (exact) mass is 257 g/mol. The Labute approximate surface area is 82.5 Å². The smallest absolute Gasteiger partial charge is 0 e. The molecule has 4 heteroatoms. The standard InChI is InChI=1S/3Fe.Y. The van der Waals surface area contributed by atoms with Crippen molar-refractivity contribution in [3.8, 4) is 0 Å². The van der Waals surface area contributed by atoms with Gasteiger partial charge in [0.05, 0.1) is 0 Å². The van der Waals surface area contributed by atoms with Crippen LogP contribution in [-0.4, -0.2) is 0 Å². The van der Waals surface area contributed by atoms with E-state index in [-0.39, 0.29) is 83.9 Å². The zero-order chi connectivity index (χ0) is 0. The fourth-order valence-corrected chi connectivity index (χ4v) is 0. The van der Waals surface area contributed by atoms with Crippen LogP contribution < -0.4 is 0 Å². The minimum absolute atomic E-state index is 0. The second-order valence-electron chi connectivity index (χ2n) is 0. The maximum absolute atomic E-state index is 0. The number of hydrogen-bond acceptors (Lipinski definition) is 0. The van der Waals surface area contributed by atoms with Gasteiger partial charge in [0, 0.05) is 83.9 Å². The predicted octanol–water partition coefficient (Wildman–Crippen LogP) is -0.0100. The molecule has 0 amide bonds. The molecule has 0 aromatic carbocycles. The first-order valence-electron chi connectivity index (χ1n) is 0. The van der Waals surface area contributed by atoms with Crippen LogP contribution in [0, 0.1) is 0 Å². The Morgan fingerprint density at radius 3 is 0.500 bits per heavy atom. The minimum Gasteiger partial charge on any atom is 0 e. The molecular formula is Fe3Y. The minimum atomic E-state index is 0. The quantitative estimate of drug-likeness (QED) is 0.535. The van der Waals surface area contributed by atoms with Crippen LogP contribution in [0.25, 0.3) is 0 Å². The molecule has 0 fully saturated rings. The third-order valence-corrected chi connectivity index (χ3v) is 0. The summed E-state index contributed by atoms with van der Waals surface area (Å²) in [5, 5.41) is 0. The van der Waals surface area contributed by atoms with Crippen LogP contribution in [0.3, 0.4) is 0 Å². The first-order chi connectivity index (χ1) is 0. The van der Waals surface area contributed by atoms with Crippen LogP contribution in [0.2, 0.25) is 0 Å². The van der Waals surface area contributed by atoms with Gasteiger partial charge < -0.3 is 0 Å². The van der Waals surface area contributed by atoms with Gasteiger partial charge in [0.1, 0.15) is 0 Å². The van der Waals surface area contributed by atoms with Crippen LogP contribution in [0.5, 0.6) is 0 Å². The van der Waals surface area contributed by atoms with Crippen LogP contribution in [0.4, 0.5) is 0 Å². The molecule has 0 aliphatic rings. The van der Waals surface area contributed by atoms with Gasteiger partial charge in [0.2, 0.25) is 0 Å². The molecule has 4 heavy (non-hydrogen) atoms. The number of hydrogen-bond donors (Lipinski definition) is 0. The molecule has 0 spiro atoms. The van der Waals surface area contributed by atoms with E-state index in [1.807, 2.05) is 0 Å². The maximum atomic E-state index is 0. The van der Waals surface area contributed by atoms with E-state index in [1.165, 1.54) is 0 Å². The molecule has 0 bridgehead atoms. The van der Waals surface area contributed by atoms with Crippen molar-refractivity contribution in [1.29, 1.82) is 0 Å². The molecule has 0 atom stereocenters. The van der Waals surface area contributed by atoms with Gasteiger partial charge >= 0.3 is 0 Å². The fourth-order valence-electron chi connectivity index (χ4n) is 0. The van der Waals surface area contributed by atoms with Gasteiger partial charge in [0.15, 0.2) is 0 Å². The second kappa shape index (κ2) is 17.4. The van der Waals surface area contributed by atoms with Crippen LogP contribution in [-0.2, 0) is 83.9 Å². The van der Waals surface area contributed by atoms with E-state index in [2.05, 4.69) is 0 Å². The zero-order valence-corrected chi connectivity index (χ0v) is 7.79. The van der Waals surface area contributed by atoms with E-state index >= 15 is 0 Å². The summed E-state index contributed by atoms with van der Waals surface area (Å²) in [6.07, 6.45) is 0. The van der Waals surface area contributed by atoms with E-state index in [1.54, 1.807) is 0 Å². The summed E-state index contributed by atoms with van der Waals surface area (Å²) >= 11 is 0. The van der Waals surface area contributed by atoms with Gasteiger partial charge in [-0.05, 0) is 0 Å². The molecule has 0 saturated heterocycles. The molecule has 0 nitrogen and oxygen atoms in total. The summed E-state index contributed by atoms with van der Waals surface area (Å²) < 4.78 is 0. The Balaban J connectivity index is 0. The van der Waals surface area contributed by atoms with Gasteiger partial charge in [-0.1, -0.05) is 0 Å². The molecule has 0 saturated carbocycles. The summed E-state index contributed by atoms with van der Waals surface area (Å²) in [5.74, 6) is 0. The zero-order valence-electron chi connectivity index (χ0n) is 1.64. The Hall–Kier alpha value is 2.66. The normalized spacial score (nSPS) is 0. The molecule has 0 heterocycles. The van der Waals surface area contributed by atoms with Crippen LogP contribution in [0.15, 0.2) is 0 Å². The van der Waals surface area contributed by atoms with Gasteiger partial charge in [0.25, 0.3) is 0 Å². The molecule has 1 radical (unpaired) electrons. The van der Waals surface area contributed by atoms with Crippen molar-refractivity contribution >= 4 is 0 Å². The Morgan fingerprint density at radius 1 is 0.500 bits per heavy atom. The van der Waals surface area contributed by atoms with Gasteiger partial charge in [-0.2, -0.15) is 0 Å². The first kappa shape index (κ1) is 30.1.